The van der Waals surface area contributed by atoms with Gasteiger partial charge in [0.15, 0.2) is 17.5 Å². The summed E-state index contributed by atoms with van der Waals surface area (Å²) in [5, 5.41) is 33.7. The first-order valence-corrected chi connectivity index (χ1v) is 11.2. The van der Waals surface area contributed by atoms with Crippen LogP contribution < -0.4 is 0 Å². The van der Waals surface area contributed by atoms with Crippen molar-refractivity contribution in [2.75, 3.05) is 6.61 Å². The van der Waals surface area contributed by atoms with Crippen molar-refractivity contribution >= 4 is 11.8 Å². The maximum absolute atomic E-state index is 14.2. The molecule has 1 unspecified atom stereocenters. The highest BCUT2D eigenvalue weighted by molar-refractivity contribution is 5.96. The van der Waals surface area contributed by atoms with Gasteiger partial charge in [0.2, 0.25) is 0 Å². The first kappa shape index (κ1) is 22.4. The standard InChI is InChI=1S/C25H34O6/c1-7-12(2)22(29)31-21-13(3)10-24-14(4)8-17-18(23(17,5)6)16(20(24)28)9-15(11-26)19(27)25(21,24)30/h7,9-10,14,16-19,21,26-27,30H,8,11H2,1-6H3/b12-7-/t14?,16-,17-,18+,19-,21+,24+,25+/m1/s1. The van der Waals surface area contributed by atoms with E-state index in [0.29, 0.717) is 17.1 Å². The van der Waals surface area contributed by atoms with Gasteiger partial charge in [-0.3, -0.25) is 4.79 Å². The van der Waals surface area contributed by atoms with E-state index in [4.69, 9.17) is 4.74 Å². The van der Waals surface area contributed by atoms with Crippen molar-refractivity contribution in [1.82, 2.24) is 0 Å². The van der Waals surface area contributed by atoms with Gasteiger partial charge >= 0.3 is 5.97 Å². The van der Waals surface area contributed by atoms with Crippen molar-refractivity contribution < 1.29 is 29.6 Å². The van der Waals surface area contributed by atoms with Crippen LogP contribution in [0, 0.1) is 34.5 Å². The summed E-state index contributed by atoms with van der Waals surface area (Å²) in [6.07, 6.45) is 3.04. The second-order valence-corrected chi connectivity index (χ2v) is 10.6. The quantitative estimate of drug-likeness (QED) is 0.361. The topological polar surface area (TPSA) is 104 Å². The van der Waals surface area contributed by atoms with E-state index in [9.17, 15) is 24.9 Å². The summed E-state index contributed by atoms with van der Waals surface area (Å²) in [5.41, 5.74) is -2.36. The molecule has 0 heterocycles. The normalized spacial score (nSPS) is 45.6. The minimum Gasteiger partial charge on any atom is -0.451 e. The number of ketones is 1. The van der Waals surface area contributed by atoms with Gasteiger partial charge in [0.1, 0.15) is 6.10 Å². The molecule has 0 radical (unpaired) electrons. The number of allylic oxidation sites excluding steroid dienone is 2. The highest BCUT2D eigenvalue weighted by atomic mass is 16.6. The van der Waals surface area contributed by atoms with Gasteiger partial charge in [-0.15, -0.1) is 0 Å². The Bertz CT molecular complexity index is 926. The van der Waals surface area contributed by atoms with Crippen LogP contribution in [-0.2, 0) is 14.3 Å². The van der Waals surface area contributed by atoms with Gasteiger partial charge in [-0.25, -0.2) is 4.79 Å². The third-order valence-electron chi connectivity index (χ3n) is 8.88. The van der Waals surface area contributed by atoms with E-state index in [-0.39, 0.29) is 28.6 Å². The lowest BCUT2D eigenvalue weighted by molar-refractivity contribution is -0.201. The molecule has 0 saturated heterocycles. The number of carbonyl (C=O) groups excluding carboxylic acids is 2. The van der Waals surface area contributed by atoms with Crippen LogP contribution in [0.3, 0.4) is 0 Å². The van der Waals surface area contributed by atoms with Crippen LogP contribution in [0.2, 0.25) is 0 Å². The van der Waals surface area contributed by atoms with Gasteiger partial charge in [-0.1, -0.05) is 39.0 Å². The molecule has 4 rings (SSSR count). The van der Waals surface area contributed by atoms with Crippen molar-refractivity contribution in [3.05, 3.63) is 34.9 Å². The number of hydrogen-bond acceptors (Lipinski definition) is 6. The summed E-state index contributed by atoms with van der Waals surface area (Å²) >= 11 is 0. The molecule has 0 amide bonds. The van der Waals surface area contributed by atoms with Crippen LogP contribution >= 0.6 is 0 Å². The molecule has 4 aliphatic rings. The molecule has 0 aromatic heterocycles. The zero-order chi connectivity index (χ0) is 23.1. The molecule has 170 valence electrons. The maximum Gasteiger partial charge on any atom is 0.334 e. The predicted molar refractivity (Wildman–Crippen MR) is 115 cm³/mol. The predicted octanol–water partition coefficient (Wildman–Crippen LogP) is 2.33. The molecule has 2 saturated carbocycles. The van der Waals surface area contributed by atoms with Gasteiger partial charge < -0.3 is 20.1 Å². The van der Waals surface area contributed by atoms with E-state index < -0.39 is 41.7 Å². The zero-order valence-corrected chi connectivity index (χ0v) is 19.2. The highest BCUT2D eigenvalue weighted by Crippen LogP contribution is 2.71. The van der Waals surface area contributed by atoms with E-state index >= 15 is 0 Å². The average Bonchev–Trinajstić information content (AvgIpc) is 3.21. The lowest BCUT2D eigenvalue weighted by atomic mass is 9.59. The van der Waals surface area contributed by atoms with Crippen molar-refractivity contribution in [2.24, 2.45) is 34.5 Å². The minimum atomic E-state index is -2.08. The molecule has 1 spiro atoms. The number of carbonyl (C=O) groups is 2. The highest BCUT2D eigenvalue weighted by Gasteiger charge is 2.76. The number of esters is 1. The van der Waals surface area contributed by atoms with E-state index in [1.54, 1.807) is 39.0 Å². The molecule has 31 heavy (non-hydrogen) atoms. The van der Waals surface area contributed by atoms with E-state index in [2.05, 4.69) is 13.8 Å². The Morgan fingerprint density at radius 1 is 1.35 bits per heavy atom. The molecular weight excluding hydrogens is 396 g/mol. The van der Waals surface area contributed by atoms with Crippen LogP contribution in [0.15, 0.2) is 34.9 Å². The molecule has 0 aromatic carbocycles. The number of ether oxygens (including phenoxy) is 1. The summed E-state index contributed by atoms with van der Waals surface area (Å²) < 4.78 is 5.72. The third-order valence-corrected chi connectivity index (χ3v) is 8.88. The van der Waals surface area contributed by atoms with Gasteiger partial charge in [0.05, 0.1) is 12.0 Å². The smallest absolute Gasteiger partial charge is 0.334 e. The molecule has 8 atom stereocenters. The number of hydrogen-bond donors (Lipinski definition) is 3. The first-order valence-electron chi connectivity index (χ1n) is 11.2. The molecule has 0 aliphatic heterocycles. The molecular formula is C25H34O6. The fraction of sp³-hybridized carbons (Fsp3) is 0.680. The lowest BCUT2D eigenvalue weighted by Crippen LogP contribution is -2.65. The van der Waals surface area contributed by atoms with Crippen molar-refractivity contribution in [2.45, 2.75) is 65.8 Å². The van der Waals surface area contributed by atoms with Gasteiger partial charge in [-0.2, -0.15) is 0 Å². The Balaban J connectivity index is 1.91. The Labute approximate surface area is 183 Å². The monoisotopic (exact) mass is 430 g/mol. The molecule has 6 heteroatoms. The summed E-state index contributed by atoms with van der Waals surface area (Å²) in [7, 11) is 0. The summed E-state index contributed by atoms with van der Waals surface area (Å²) in [6.45, 7) is 10.8. The summed E-state index contributed by atoms with van der Waals surface area (Å²) in [4.78, 5) is 26.8. The average molecular weight is 431 g/mol. The Kier molecular flexibility index (Phi) is 4.97. The molecule has 6 nitrogen and oxygen atoms in total. The zero-order valence-electron chi connectivity index (χ0n) is 19.2. The van der Waals surface area contributed by atoms with Crippen molar-refractivity contribution in [3.63, 3.8) is 0 Å². The molecule has 3 N–H and O–H groups in total. The molecule has 2 fully saturated rings. The maximum atomic E-state index is 14.2. The van der Waals surface area contributed by atoms with Gasteiger partial charge in [0, 0.05) is 11.5 Å². The number of rotatable bonds is 3. The molecule has 4 aliphatic carbocycles. The fourth-order valence-electron chi connectivity index (χ4n) is 6.91. The lowest BCUT2D eigenvalue weighted by Gasteiger charge is -2.48. The van der Waals surface area contributed by atoms with Crippen LogP contribution in [0.4, 0.5) is 0 Å². The summed E-state index contributed by atoms with van der Waals surface area (Å²) in [6, 6.07) is 0. The summed E-state index contributed by atoms with van der Waals surface area (Å²) in [5.74, 6) is -1.13. The van der Waals surface area contributed by atoms with Crippen LogP contribution in [0.5, 0.6) is 0 Å². The number of fused-ring (bicyclic) bond motifs is 3. The second kappa shape index (κ2) is 6.87. The molecule has 0 aromatic rings. The fourth-order valence-corrected chi connectivity index (χ4v) is 6.91. The van der Waals surface area contributed by atoms with Gasteiger partial charge in [0.25, 0.3) is 0 Å². The van der Waals surface area contributed by atoms with E-state index in [1.807, 2.05) is 6.92 Å². The number of aliphatic hydroxyl groups is 3. The number of Topliss-reactive ketones (excluding diaryl/α,β-unsaturated/α-hetero) is 1. The SMILES string of the molecule is C/C=C(/C)C(=O)O[C@H]1C(C)=C[C@]23C(=O)[C@H](C=C(CO)[C@@H](O)[C@]12O)[C@H]1[C@@H](CC3C)C1(C)C. The van der Waals surface area contributed by atoms with Crippen LogP contribution in [-0.4, -0.2) is 51.5 Å². The number of aliphatic hydroxyl groups excluding tert-OH is 2. The minimum absolute atomic E-state index is 0.0209. The second-order valence-electron chi connectivity index (χ2n) is 10.6. The third kappa shape index (κ3) is 2.61. The Morgan fingerprint density at radius 3 is 2.58 bits per heavy atom. The van der Waals surface area contributed by atoms with Crippen LogP contribution in [0.1, 0.15) is 48.0 Å². The largest absolute Gasteiger partial charge is 0.451 e. The van der Waals surface area contributed by atoms with Crippen molar-refractivity contribution in [3.8, 4) is 0 Å². The van der Waals surface area contributed by atoms with Gasteiger partial charge in [-0.05, 0) is 61.5 Å². The Hall–Kier alpha value is -1.76. The Morgan fingerprint density at radius 2 is 2.00 bits per heavy atom. The first-order chi connectivity index (χ1) is 14.4. The molecule has 2 bridgehead atoms. The van der Waals surface area contributed by atoms with Crippen molar-refractivity contribution in [1.29, 1.82) is 0 Å². The van der Waals surface area contributed by atoms with E-state index in [0.717, 1.165) is 6.42 Å². The van der Waals surface area contributed by atoms with Crippen LogP contribution in [0.25, 0.3) is 0 Å². The van der Waals surface area contributed by atoms with E-state index in [1.165, 1.54) is 0 Å².